The number of piperidine rings is 1. The first kappa shape index (κ1) is 29.4. The molecule has 0 bridgehead atoms. The molecule has 0 saturated carbocycles. The Bertz CT molecular complexity index is 1330. The molecule has 4 rings (SSSR count). The molecule has 1 aliphatic heterocycles. The summed E-state index contributed by atoms with van der Waals surface area (Å²) < 4.78 is 6.28. The predicted molar refractivity (Wildman–Crippen MR) is 155 cm³/mol. The highest BCUT2D eigenvalue weighted by atomic mass is 35.5. The minimum absolute atomic E-state index is 0.106. The van der Waals surface area contributed by atoms with Gasteiger partial charge in [-0.2, -0.15) is 0 Å². The van der Waals surface area contributed by atoms with Crippen molar-refractivity contribution in [3.05, 3.63) is 94.0 Å². The van der Waals surface area contributed by atoms with Gasteiger partial charge < -0.3 is 30.9 Å². The van der Waals surface area contributed by atoms with Gasteiger partial charge in [-0.1, -0.05) is 48.0 Å². The van der Waals surface area contributed by atoms with E-state index in [4.69, 9.17) is 27.2 Å². The number of benzene rings is 3. The van der Waals surface area contributed by atoms with Gasteiger partial charge in [0, 0.05) is 43.2 Å². The summed E-state index contributed by atoms with van der Waals surface area (Å²) in [5.74, 6) is 0.497. The molecule has 1 heterocycles. The summed E-state index contributed by atoms with van der Waals surface area (Å²) in [4.78, 5) is 26.3. The largest absolute Gasteiger partial charge is 0.465 e. The molecule has 2 amide bonds. The maximum absolute atomic E-state index is 13.4. The lowest BCUT2D eigenvalue weighted by Crippen LogP contribution is -2.48. The highest BCUT2D eigenvalue weighted by molar-refractivity contribution is 6.32. The molecule has 3 aromatic carbocycles. The molecule has 0 radical (unpaired) electrons. The van der Waals surface area contributed by atoms with E-state index < -0.39 is 11.7 Å². The minimum Gasteiger partial charge on any atom is -0.465 e. The van der Waals surface area contributed by atoms with Crippen LogP contribution in [0.25, 0.3) is 0 Å². The number of halogens is 1. The molecule has 0 unspecified atom stereocenters. The van der Waals surface area contributed by atoms with Gasteiger partial charge in [0.25, 0.3) is 5.91 Å². The first-order valence-corrected chi connectivity index (χ1v) is 13.9. The van der Waals surface area contributed by atoms with E-state index in [-0.39, 0.29) is 24.8 Å². The summed E-state index contributed by atoms with van der Waals surface area (Å²) in [6.07, 6.45) is 0.890. The molecular formula is C31H36ClN3O5. The van der Waals surface area contributed by atoms with Crippen LogP contribution in [0.5, 0.6) is 11.5 Å². The number of aryl methyl sites for hydroxylation is 1. The van der Waals surface area contributed by atoms with E-state index in [1.54, 1.807) is 35.2 Å². The Morgan fingerprint density at radius 3 is 2.60 bits per heavy atom. The van der Waals surface area contributed by atoms with Crippen molar-refractivity contribution >= 4 is 23.6 Å². The molecule has 1 saturated heterocycles. The quantitative estimate of drug-likeness (QED) is 0.234. The van der Waals surface area contributed by atoms with Crippen LogP contribution in [0.2, 0.25) is 5.02 Å². The first-order valence-electron chi connectivity index (χ1n) is 13.5. The van der Waals surface area contributed by atoms with Crippen molar-refractivity contribution in [1.29, 1.82) is 0 Å². The second kappa shape index (κ2) is 13.2. The third-order valence-corrected chi connectivity index (χ3v) is 7.77. The smallest absolute Gasteiger partial charge is 0.404 e. The average molecular weight is 566 g/mol. The zero-order chi connectivity index (χ0) is 28.7. The SMILES string of the molecule is Cc1cccc(Oc2c(Cl)cccc2[C@](O)(CCCNC(=O)O)[C@@H]2CCCN(C(=O)c3ccc(CN)cc3)C2)c1. The molecule has 9 heteroatoms. The molecule has 0 aliphatic carbocycles. The molecule has 40 heavy (non-hydrogen) atoms. The summed E-state index contributed by atoms with van der Waals surface area (Å²) in [6, 6.07) is 20.1. The van der Waals surface area contributed by atoms with Crippen LogP contribution in [-0.4, -0.2) is 46.7 Å². The molecule has 1 fully saturated rings. The first-order chi connectivity index (χ1) is 19.2. The fourth-order valence-corrected chi connectivity index (χ4v) is 5.59. The summed E-state index contributed by atoms with van der Waals surface area (Å²) in [5, 5.41) is 24.3. The Kier molecular flexibility index (Phi) is 9.68. The van der Waals surface area contributed by atoms with Gasteiger partial charge in [-0.3, -0.25) is 4.79 Å². The number of nitrogens with zero attached hydrogens (tertiary/aromatic N) is 1. The van der Waals surface area contributed by atoms with E-state index in [1.807, 2.05) is 43.3 Å². The number of hydrogen-bond donors (Lipinski definition) is 4. The fourth-order valence-electron chi connectivity index (χ4n) is 5.38. The predicted octanol–water partition coefficient (Wildman–Crippen LogP) is 5.69. The summed E-state index contributed by atoms with van der Waals surface area (Å²) in [7, 11) is 0. The highest BCUT2D eigenvalue weighted by Crippen LogP contribution is 2.46. The van der Waals surface area contributed by atoms with Gasteiger partial charge in [-0.05, 0) is 74.1 Å². The number of likely N-dealkylation sites (tertiary alicyclic amines) is 1. The summed E-state index contributed by atoms with van der Waals surface area (Å²) >= 11 is 6.65. The number of nitrogens with two attached hydrogens (primary N) is 1. The summed E-state index contributed by atoms with van der Waals surface area (Å²) in [6.45, 7) is 3.44. The van der Waals surface area contributed by atoms with E-state index in [9.17, 15) is 14.7 Å². The molecule has 1 aliphatic rings. The van der Waals surface area contributed by atoms with Crippen LogP contribution < -0.4 is 15.8 Å². The van der Waals surface area contributed by atoms with Crippen LogP contribution in [0, 0.1) is 12.8 Å². The molecule has 3 aromatic rings. The lowest BCUT2D eigenvalue weighted by atomic mass is 9.73. The zero-order valence-electron chi connectivity index (χ0n) is 22.6. The Morgan fingerprint density at radius 2 is 1.90 bits per heavy atom. The number of para-hydroxylation sites is 1. The number of carbonyl (C=O) groups excluding carboxylic acids is 1. The van der Waals surface area contributed by atoms with Crippen LogP contribution in [0.15, 0.2) is 66.7 Å². The average Bonchev–Trinajstić information content (AvgIpc) is 2.96. The van der Waals surface area contributed by atoms with E-state index in [0.717, 1.165) is 11.1 Å². The zero-order valence-corrected chi connectivity index (χ0v) is 23.4. The molecule has 2 atom stereocenters. The Labute approximate surface area is 239 Å². The monoisotopic (exact) mass is 565 g/mol. The maximum atomic E-state index is 13.4. The molecule has 8 nitrogen and oxygen atoms in total. The van der Waals surface area contributed by atoms with Crippen LogP contribution in [-0.2, 0) is 12.1 Å². The van der Waals surface area contributed by atoms with Crippen LogP contribution in [0.4, 0.5) is 4.79 Å². The third kappa shape index (κ3) is 6.94. The van der Waals surface area contributed by atoms with Gasteiger partial charge in [-0.25, -0.2) is 4.79 Å². The van der Waals surface area contributed by atoms with Gasteiger partial charge in [0.1, 0.15) is 5.75 Å². The van der Waals surface area contributed by atoms with Crippen molar-refractivity contribution in [3.8, 4) is 11.5 Å². The van der Waals surface area contributed by atoms with Gasteiger partial charge in [0.15, 0.2) is 5.75 Å². The van der Waals surface area contributed by atoms with Crippen molar-refractivity contribution in [3.63, 3.8) is 0 Å². The number of nitrogens with one attached hydrogen (secondary N) is 1. The minimum atomic E-state index is -1.44. The lowest BCUT2D eigenvalue weighted by molar-refractivity contribution is -0.0578. The topological polar surface area (TPSA) is 125 Å². The lowest BCUT2D eigenvalue weighted by Gasteiger charge is -2.43. The van der Waals surface area contributed by atoms with Crippen molar-refractivity contribution < 1.29 is 24.5 Å². The number of rotatable bonds is 10. The number of amides is 2. The van der Waals surface area contributed by atoms with Crippen molar-refractivity contribution in [2.45, 2.75) is 44.8 Å². The number of carbonyl (C=O) groups is 2. The van der Waals surface area contributed by atoms with Gasteiger partial charge in [0.05, 0.1) is 10.6 Å². The fraction of sp³-hybridized carbons (Fsp3) is 0.355. The Balaban J connectivity index is 1.67. The number of aliphatic hydroxyl groups is 1. The molecule has 0 aromatic heterocycles. The van der Waals surface area contributed by atoms with Gasteiger partial charge in [-0.15, -0.1) is 0 Å². The highest BCUT2D eigenvalue weighted by Gasteiger charge is 2.43. The number of ether oxygens (including phenoxy) is 1. The second-order valence-electron chi connectivity index (χ2n) is 10.3. The van der Waals surface area contributed by atoms with Crippen LogP contribution in [0.3, 0.4) is 0 Å². The van der Waals surface area contributed by atoms with Crippen molar-refractivity contribution in [1.82, 2.24) is 10.2 Å². The van der Waals surface area contributed by atoms with E-state index >= 15 is 0 Å². The maximum Gasteiger partial charge on any atom is 0.404 e. The van der Waals surface area contributed by atoms with E-state index in [1.165, 1.54) is 0 Å². The van der Waals surface area contributed by atoms with E-state index in [0.29, 0.717) is 66.5 Å². The second-order valence-corrected chi connectivity index (χ2v) is 10.7. The Hall–Kier alpha value is -3.59. The molecular weight excluding hydrogens is 530 g/mol. The molecule has 212 valence electrons. The van der Waals surface area contributed by atoms with Crippen LogP contribution in [0.1, 0.15) is 52.7 Å². The molecule has 5 N–H and O–H groups in total. The van der Waals surface area contributed by atoms with Crippen LogP contribution >= 0.6 is 11.6 Å². The molecule has 0 spiro atoms. The number of hydrogen-bond acceptors (Lipinski definition) is 5. The van der Waals surface area contributed by atoms with Crippen molar-refractivity contribution in [2.75, 3.05) is 19.6 Å². The Morgan fingerprint density at radius 1 is 1.15 bits per heavy atom. The van der Waals surface area contributed by atoms with E-state index in [2.05, 4.69) is 5.32 Å². The third-order valence-electron chi connectivity index (χ3n) is 7.47. The number of carboxylic acid groups (broad SMARTS) is 1. The standard InChI is InChI=1S/C31H36ClN3O5/c1-21-6-2-8-25(18-21)40-28-26(9-3-10-27(28)32)31(39,15-5-16-34-30(37)38)24-7-4-17-35(20-24)29(36)23-13-11-22(19-33)12-14-23/h2-3,6,8-14,18,24,34,39H,4-5,7,15-17,19-20,33H2,1H3,(H,37,38)/t24-,31+/m1/s1. The van der Waals surface area contributed by atoms with Gasteiger partial charge in [0.2, 0.25) is 0 Å². The van der Waals surface area contributed by atoms with Crippen molar-refractivity contribution in [2.24, 2.45) is 11.7 Å². The normalized spacial score (nSPS) is 16.7. The van der Waals surface area contributed by atoms with Gasteiger partial charge >= 0.3 is 6.09 Å². The summed E-state index contributed by atoms with van der Waals surface area (Å²) in [5.41, 5.74) is 7.31.